The molecule has 0 fully saturated rings. The molecule has 0 unspecified atom stereocenters. The summed E-state index contributed by atoms with van der Waals surface area (Å²) in [6.07, 6.45) is -4.64. The van der Waals surface area contributed by atoms with Crippen LogP contribution in [0.15, 0.2) is 16.9 Å². The summed E-state index contributed by atoms with van der Waals surface area (Å²) in [7, 11) is 0. The lowest BCUT2D eigenvalue weighted by Crippen LogP contribution is -2.16. The van der Waals surface area contributed by atoms with Gasteiger partial charge >= 0.3 is 6.18 Å². The first kappa shape index (κ1) is 8.73. The third-order valence-corrected chi connectivity index (χ3v) is 1.55. The van der Waals surface area contributed by atoms with E-state index in [1.165, 1.54) is 0 Å². The number of fused-ring (bicyclic) bond motifs is 1. The minimum atomic E-state index is -4.64. The van der Waals surface area contributed by atoms with Gasteiger partial charge in [0.25, 0.3) is 11.4 Å². The van der Waals surface area contributed by atoms with Crippen LogP contribution in [0.25, 0.3) is 5.65 Å². The van der Waals surface area contributed by atoms with Crippen LogP contribution in [0, 0.1) is 0 Å². The smallest absolute Gasteiger partial charge is 0.268 e. The van der Waals surface area contributed by atoms with Gasteiger partial charge in [-0.3, -0.25) is 9.89 Å². The maximum Gasteiger partial charge on any atom is 0.453 e. The van der Waals surface area contributed by atoms with Crippen LogP contribution >= 0.6 is 0 Å². The quantitative estimate of drug-likeness (QED) is 0.677. The molecule has 5 nitrogen and oxygen atoms in total. The number of hydrogen-bond acceptors (Lipinski definition) is 3. The fraction of sp³-hybridized carbons (Fsp3) is 0.167. The number of halogens is 3. The van der Waals surface area contributed by atoms with Crippen molar-refractivity contribution in [2.75, 3.05) is 0 Å². The van der Waals surface area contributed by atoms with Gasteiger partial charge in [-0.25, -0.2) is 4.52 Å². The molecule has 0 saturated heterocycles. The monoisotopic (exact) mass is 204 g/mol. The molecule has 0 radical (unpaired) electrons. The molecule has 0 amide bonds. The second-order valence-electron chi connectivity index (χ2n) is 2.52. The van der Waals surface area contributed by atoms with Gasteiger partial charge in [0.15, 0.2) is 5.65 Å². The Hall–Kier alpha value is -1.86. The van der Waals surface area contributed by atoms with E-state index in [1.54, 1.807) is 0 Å². The highest BCUT2D eigenvalue weighted by Gasteiger charge is 2.37. The van der Waals surface area contributed by atoms with Crippen LogP contribution in [0.5, 0.6) is 0 Å². The summed E-state index contributed by atoms with van der Waals surface area (Å²) in [6, 6.07) is 2.23. The normalized spacial score (nSPS) is 12.2. The minimum absolute atomic E-state index is 0.0584. The molecule has 0 aliphatic heterocycles. The number of rotatable bonds is 0. The fourth-order valence-electron chi connectivity index (χ4n) is 0.996. The first-order valence-corrected chi connectivity index (χ1v) is 3.50. The van der Waals surface area contributed by atoms with Gasteiger partial charge in [0.1, 0.15) is 0 Å². The third kappa shape index (κ3) is 1.24. The lowest BCUT2D eigenvalue weighted by atomic mass is 10.5. The molecule has 2 rings (SSSR count). The number of alkyl halides is 3. The van der Waals surface area contributed by atoms with E-state index >= 15 is 0 Å². The van der Waals surface area contributed by atoms with Crippen molar-refractivity contribution in [1.29, 1.82) is 0 Å². The largest absolute Gasteiger partial charge is 0.453 e. The molecule has 2 heterocycles. The van der Waals surface area contributed by atoms with Crippen molar-refractivity contribution in [3.05, 3.63) is 28.3 Å². The van der Waals surface area contributed by atoms with Gasteiger partial charge in [-0.05, 0) is 6.07 Å². The molecule has 0 aliphatic carbocycles. The van der Waals surface area contributed by atoms with E-state index in [2.05, 4.69) is 10.2 Å². The third-order valence-electron chi connectivity index (χ3n) is 1.55. The van der Waals surface area contributed by atoms with Gasteiger partial charge < -0.3 is 0 Å². The molecule has 0 atom stereocenters. The molecule has 2 aromatic heterocycles. The fourth-order valence-corrected chi connectivity index (χ4v) is 0.996. The Morgan fingerprint density at radius 1 is 1.29 bits per heavy atom. The summed E-state index contributed by atoms with van der Waals surface area (Å²) in [5.41, 5.74) is -0.709. The highest BCUT2D eigenvalue weighted by atomic mass is 19.4. The van der Waals surface area contributed by atoms with Gasteiger partial charge in [0, 0.05) is 6.07 Å². The first-order chi connectivity index (χ1) is 6.48. The number of H-pyrrole nitrogens is 1. The molecule has 0 aromatic carbocycles. The average Bonchev–Trinajstić information content (AvgIpc) is 2.45. The summed E-state index contributed by atoms with van der Waals surface area (Å²) < 4.78 is 37.2. The highest BCUT2D eigenvalue weighted by Crippen LogP contribution is 2.26. The van der Waals surface area contributed by atoms with E-state index in [0.29, 0.717) is 4.52 Å². The summed E-state index contributed by atoms with van der Waals surface area (Å²) in [5, 5.41) is 8.14. The Bertz CT molecular complexity index is 526. The van der Waals surface area contributed by atoms with Crippen LogP contribution in [0.3, 0.4) is 0 Å². The van der Waals surface area contributed by atoms with Crippen molar-refractivity contribution in [2.45, 2.75) is 6.18 Å². The molecule has 14 heavy (non-hydrogen) atoms. The lowest BCUT2D eigenvalue weighted by Gasteiger charge is -2.02. The molecule has 2 aromatic rings. The van der Waals surface area contributed by atoms with E-state index in [4.69, 9.17) is 0 Å². The van der Waals surface area contributed by atoms with Crippen LogP contribution in [0.2, 0.25) is 0 Å². The molecule has 74 valence electrons. The van der Waals surface area contributed by atoms with Gasteiger partial charge in [-0.2, -0.15) is 13.2 Å². The topological polar surface area (TPSA) is 63.1 Å². The Labute approximate surface area is 74.2 Å². The van der Waals surface area contributed by atoms with Gasteiger partial charge in [0.05, 0.1) is 0 Å². The average molecular weight is 204 g/mol. The SMILES string of the molecule is O=c1ccc2nnc(C(F)(F)F)n2[nH]1. The van der Waals surface area contributed by atoms with Crippen molar-refractivity contribution < 1.29 is 13.2 Å². The molecule has 0 bridgehead atoms. The Kier molecular flexibility index (Phi) is 1.60. The zero-order valence-electron chi connectivity index (χ0n) is 6.54. The number of hydrogen-bond donors (Lipinski definition) is 1. The van der Waals surface area contributed by atoms with Crippen LogP contribution < -0.4 is 5.56 Å². The maximum atomic E-state index is 12.2. The summed E-state index contributed by atoms with van der Waals surface area (Å²) in [6.45, 7) is 0. The van der Waals surface area contributed by atoms with Gasteiger partial charge in [-0.1, -0.05) is 0 Å². The van der Waals surface area contributed by atoms with Gasteiger partial charge in [0.2, 0.25) is 0 Å². The van der Waals surface area contributed by atoms with Gasteiger partial charge in [-0.15, -0.1) is 10.2 Å². The second-order valence-corrected chi connectivity index (χ2v) is 2.52. The molecule has 0 saturated carbocycles. The van der Waals surface area contributed by atoms with Crippen LogP contribution in [0.1, 0.15) is 5.82 Å². The number of aromatic nitrogens is 4. The standard InChI is InChI=1S/C6H3F3N4O/c7-6(8,9)5-11-10-3-1-2-4(14)12-13(3)5/h1-2H,(H,12,14). The van der Waals surface area contributed by atoms with Crippen molar-refractivity contribution >= 4 is 5.65 Å². The number of aromatic amines is 1. The Morgan fingerprint density at radius 2 is 2.00 bits per heavy atom. The highest BCUT2D eigenvalue weighted by molar-refractivity contribution is 5.35. The van der Waals surface area contributed by atoms with Crippen molar-refractivity contribution in [2.24, 2.45) is 0 Å². The predicted octanol–water partition coefficient (Wildman–Crippen LogP) is 0.436. The zero-order valence-corrected chi connectivity index (χ0v) is 6.54. The summed E-state index contributed by atoms with van der Waals surface area (Å²) in [5.74, 6) is -1.25. The molecule has 1 N–H and O–H groups in total. The van der Waals surface area contributed by atoms with Crippen molar-refractivity contribution in [1.82, 2.24) is 19.8 Å². The van der Waals surface area contributed by atoms with Crippen LogP contribution in [-0.4, -0.2) is 19.8 Å². The lowest BCUT2D eigenvalue weighted by molar-refractivity contribution is -0.146. The second kappa shape index (κ2) is 2.56. The van der Waals surface area contributed by atoms with Crippen LogP contribution in [-0.2, 0) is 6.18 Å². The molecule has 8 heteroatoms. The molecular weight excluding hydrogens is 201 g/mol. The predicted molar refractivity (Wildman–Crippen MR) is 38.6 cm³/mol. The van der Waals surface area contributed by atoms with E-state index in [0.717, 1.165) is 12.1 Å². The summed E-state index contributed by atoms with van der Waals surface area (Å²) >= 11 is 0. The molecule has 0 aliphatic rings. The molecular formula is C6H3F3N4O. The number of nitrogens with one attached hydrogen (secondary N) is 1. The Balaban J connectivity index is 2.80. The first-order valence-electron chi connectivity index (χ1n) is 3.50. The number of nitrogens with zero attached hydrogens (tertiary/aromatic N) is 3. The zero-order chi connectivity index (χ0) is 10.3. The molecule has 0 spiro atoms. The maximum absolute atomic E-state index is 12.2. The van der Waals surface area contributed by atoms with E-state index in [-0.39, 0.29) is 5.65 Å². The van der Waals surface area contributed by atoms with E-state index in [1.807, 2.05) is 5.10 Å². The summed E-state index contributed by atoms with van der Waals surface area (Å²) in [4.78, 5) is 10.8. The Morgan fingerprint density at radius 3 is 2.64 bits per heavy atom. The van der Waals surface area contributed by atoms with Crippen molar-refractivity contribution in [3.8, 4) is 0 Å². The van der Waals surface area contributed by atoms with Crippen molar-refractivity contribution in [3.63, 3.8) is 0 Å². The van der Waals surface area contributed by atoms with E-state index < -0.39 is 17.6 Å². The minimum Gasteiger partial charge on any atom is -0.268 e. The van der Waals surface area contributed by atoms with Crippen LogP contribution in [0.4, 0.5) is 13.2 Å². The van der Waals surface area contributed by atoms with E-state index in [9.17, 15) is 18.0 Å².